The van der Waals surface area contributed by atoms with Crippen molar-refractivity contribution in [2.24, 2.45) is 0 Å². The first kappa shape index (κ1) is 14.6. The van der Waals surface area contributed by atoms with Gasteiger partial charge in [0.15, 0.2) is 0 Å². The van der Waals surface area contributed by atoms with Gasteiger partial charge >= 0.3 is 5.69 Å². The van der Waals surface area contributed by atoms with E-state index in [1.807, 2.05) is 35.2 Å². The maximum atomic E-state index is 11.9. The van der Waals surface area contributed by atoms with Gasteiger partial charge in [-0.15, -0.1) is 0 Å². The number of anilines is 1. The zero-order chi connectivity index (χ0) is 15.4. The summed E-state index contributed by atoms with van der Waals surface area (Å²) in [6, 6.07) is 9.75. The lowest BCUT2D eigenvalue weighted by atomic mass is 10.2. The molecule has 1 aromatic carbocycles. The molecule has 0 unspecified atom stereocenters. The Hall–Kier alpha value is -2.34. The maximum Gasteiger partial charge on any atom is 0.330 e. The molecule has 6 nitrogen and oxygen atoms in total. The van der Waals surface area contributed by atoms with Crippen molar-refractivity contribution in [3.63, 3.8) is 0 Å². The molecule has 0 spiro atoms. The van der Waals surface area contributed by atoms with E-state index in [0.717, 1.165) is 31.5 Å². The molecule has 2 aromatic rings. The van der Waals surface area contributed by atoms with Gasteiger partial charge in [0.25, 0.3) is 5.56 Å². The molecule has 2 heterocycles. The van der Waals surface area contributed by atoms with Crippen molar-refractivity contribution in [1.29, 1.82) is 0 Å². The average Bonchev–Trinajstić information content (AvgIpc) is 3.04. The topological polar surface area (TPSA) is 67.3 Å². The van der Waals surface area contributed by atoms with E-state index in [9.17, 15) is 9.59 Å². The van der Waals surface area contributed by atoms with Crippen LogP contribution in [0, 0.1) is 0 Å². The molecule has 3 rings (SSSR count). The largest absolute Gasteiger partial charge is 0.366 e. The van der Waals surface area contributed by atoms with Crippen molar-refractivity contribution >= 4 is 5.69 Å². The van der Waals surface area contributed by atoms with Crippen LogP contribution in [0.4, 0.5) is 5.69 Å². The molecule has 0 atom stereocenters. The van der Waals surface area contributed by atoms with Crippen LogP contribution in [-0.2, 0) is 18.1 Å². The van der Waals surface area contributed by atoms with Crippen LogP contribution in [0.3, 0.4) is 0 Å². The molecule has 6 heteroatoms. The number of nitrogens with zero attached hydrogens (tertiary/aromatic N) is 2. The molecule has 0 saturated carbocycles. The molecule has 0 amide bonds. The fraction of sp³-hybridized carbons (Fsp3) is 0.375. The summed E-state index contributed by atoms with van der Waals surface area (Å²) in [7, 11) is 0. The van der Waals surface area contributed by atoms with Crippen molar-refractivity contribution in [1.82, 2.24) is 9.55 Å². The Labute approximate surface area is 128 Å². The third kappa shape index (κ3) is 3.28. The second kappa shape index (κ2) is 6.62. The highest BCUT2D eigenvalue weighted by atomic mass is 16.5. The molecule has 1 saturated heterocycles. The van der Waals surface area contributed by atoms with Gasteiger partial charge in [0.1, 0.15) is 12.4 Å². The number of ether oxygens (including phenoxy) is 1. The van der Waals surface area contributed by atoms with E-state index < -0.39 is 5.69 Å². The van der Waals surface area contributed by atoms with Gasteiger partial charge < -0.3 is 9.64 Å². The Morgan fingerprint density at radius 1 is 1.09 bits per heavy atom. The maximum absolute atomic E-state index is 11.9. The molecule has 0 bridgehead atoms. The number of H-pyrrole nitrogens is 1. The highest BCUT2D eigenvalue weighted by molar-refractivity contribution is 5.42. The molecule has 0 aliphatic carbocycles. The molecule has 1 N–H and O–H groups in total. The first-order valence-corrected chi connectivity index (χ1v) is 7.44. The molecule has 1 aromatic heterocycles. The minimum atomic E-state index is -0.444. The minimum absolute atomic E-state index is 0.116. The molecular formula is C16H19N3O3. The number of nitrogens with one attached hydrogen (secondary N) is 1. The van der Waals surface area contributed by atoms with Gasteiger partial charge in [-0.2, -0.15) is 0 Å². The quantitative estimate of drug-likeness (QED) is 0.904. The summed E-state index contributed by atoms with van der Waals surface area (Å²) in [6.07, 6.45) is 3.74. The van der Waals surface area contributed by atoms with E-state index >= 15 is 0 Å². The Morgan fingerprint density at radius 3 is 2.55 bits per heavy atom. The Morgan fingerprint density at radius 2 is 1.82 bits per heavy atom. The Kier molecular flexibility index (Phi) is 4.39. The van der Waals surface area contributed by atoms with Crippen LogP contribution in [0.25, 0.3) is 0 Å². The van der Waals surface area contributed by atoms with Crippen LogP contribution in [0.15, 0.2) is 46.1 Å². The lowest BCUT2D eigenvalue weighted by molar-refractivity contribution is 0.0608. The number of hydrogen-bond acceptors (Lipinski definition) is 4. The van der Waals surface area contributed by atoms with Crippen LogP contribution < -0.4 is 16.1 Å². The van der Waals surface area contributed by atoms with Crippen molar-refractivity contribution in [3.05, 3.63) is 62.9 Å². The summed E-state index contributed by atoms with van der Waals surface area (Å²) in [5, 5.41) is 0. The highest BCUT2D eigenvalue weighted by Gasteiger charge is 2.16. The van der Waals surface area contributed by atoms with Gasteiger partial charge in [-0.3, -0.25) is 14.3 Å². The summed E-state index contributed by atoms with van der Waals surface area (Å²) in [5.41, 5.74) is 0.812. The molecule has 22 heavy (non-hydrogen) atoms. The zero-order valence-corrected chi connectivity index (χ0v) is 12.3. The van der Waals surface area contributed by atoms with Crippen molar-refractivity contribution in [2.75, 3.05) is 18.0 Å². The first-order chi connectivity index (χ1) is 10.7. The summed E-state index contributed by atoms with van der Waals surface area (Å²) < 4.78 is 6.97. The summed E-state index contributed by atoms with van der Waals surface area (Å²) in [4.78, 5) is 28.2. The summed E-state index contributed by atoms with van der Waals surface area (Å²) in [5.74, 6) is 0. The average molecular weight is 301 g/mol. The Balaban J connectivity index is 1.71. The third-order valence-electron chi connectivity index (χ3n) is 3.78. The second-order valence-corrected chi connectivity index (χ2v) is 5.40. The molecule has 0 radical (unpaired) electrons. The summed E-state index contributed by atoms with van der Waals surface area (Å²) in [6.45, 7) is 2.25. The van der Waals surface area contributed by atoms with Crippen LogP contribution in [0.1, 0.15) is 18.4 Å². The number of rotatable bonds is 5. The van der Waals surface area contributed by atoms with E-state index in [2.05, 4.69) is 4.98 Å². The smallest absolute Gasteiger partial charge is 0.330 e. The standard InChI is InChI=1S/C16H19N3O3/c20-15-14(18-8-4-5-9-18)10-19(16(21)17-15)12-22-11-13-6-2-1-3-7-13/h1-3,6-7,10H,4-5,8-9,11-12H2,(H,17,20,21). The van der Waals surface area contributed by atoms with Crippen LogP contribution in [-0.4, -0.2) is 22.6 Å². The third-order valence-corrected chi connectivity index (χ3v) is 3.78. The monoisotopic (exact) mass is 301 g/mol. The lowest BCUT2D eigenvalue weighted by Crippen LogP contribution is -2.35. The normalized spacial score (nSPS) is 14.5. The van der Waals surface area contributed by atoms with Gasteiger partial charge in [0, 0.05) is 19.3 Å². The molecular weight excluding hydrogens is 282 g/mol. The van der Waals surface area contributed by atoms with Gasteiger partial charge in [0.05, 0.1) is 6.61 Å². The SMILES string of the molecule is O=c1[nH]c(=O)n(COCc2ccccc2)cc1N1CCCC1. The fourth-order valence-electron chi connectivity index (χ4n) is 2.61. The predicted octanol–water partition coefficient (Wildman–Crippen LogP) is 1.31. The van der Waals surface area contributed by atoms with E-state index in [4.69, 9.17) is 4.74 Å². The number of benzene rings is 1. The fourth-order valence-corrected chi connectivity index (χ4v) is 2.61. The molecule has 116 valence electrons. The Bertz CT molecular complexity index is 730. The van der Waals surface area contributed by atoms with E-state index in [1.165, 1.54) is 4.57 Å². The zero-order valence-electron chi connectivity index (χ0n) is 12.3. The number of hydrogen-bond donors (Lipinski definition) is 1. The first-order valence-electron chi connectivity index (χ1n) is 7.44. The number of aromatic amines is 1. The van der Waals surface area contributed by atoms with Crippen LogP contribution in [0.5, 0.6) is 0 Å². The highest BCUT2D eigenvalue weighted by Crippen LogP contribution is 2.14. The van der Waals surface area contributed by atoms with E-state index in [0.29, 0.717) is 12.3 Å². The van der Waals surface area contributed by atoms with Crippen molar-refractivity contribution in [3.8, 4) is 0 Å². The van der Waals surface area contributed by atoms with Crippen LogP contribution >= 0.6 is 0 Å². The summed E-state index contributed by atoms with van der Waals surface area (Å²) >= 11 is 0. The molecule has 1 aliphatic heterocycles. The van der Waals surface area contributed by atoms with E-state index in [1.54, 1.807) is 6.20 Å². The van der Waals surface area contributed by atoms with E-state index in [-0.39, 0.29) is 12.3 Å². The van der Waals surface area contributed by atoms with Gasteiger partial charge in [-0.25, -0.2) is 4.79 Å². The van der Waals surface area contributed by atoms with Crippen molar-refractivity contribution < 1.29 is 4.74 Å². The second-order valence-electron chi connectivity index (χ2n) is 5.40. The number of aromatic nitrogens is 2. The van der Waals surface area contributed by atoms with Gasteiger partial charge in [-0.1, -0.05) is 30.3 Å². The van der Waals surface area contributed by atoms with Crippen LogP contribution in [0.2, 0.25) is 0 Å². The molecule has 1 fully saturated rings. The van der Waals surface area contributed by atoms with Gasteiger partial charge in [-0.05, 0) is 18.4 Å². The predicted molar refractivity (Wildman–Crippen MR) is 84.0 cm³/mol. The van der Waals surface area contributed by atoms with Gasteiger partial charge in [0.2, 0.25) is 0 Å². The molecule has 1 aliphatic rings. The van der Waals surface area contributed by atoms with Crippen molar-refractivity contribution in [2.45, 2.75) is 26.2 Å². The minimum Gasteiger partial charge on any atom is -0.366 e. The lowest BCUT2D eigenvalue weighted by Gasteiger charge is -2.17.